The average Bonchev–Trinajstić information content (AvgIpc) is 3.24. The van der Waals surface area contributed by atoms with E-state index in [0.29, 0.717) is 40.5 Å². The minimum atomic E-state index is -0.341. The van der Waals surface area contributed by atoms with Gasteiger partial charge in [-0.25, -0.2) is 9.67 Å². The minimum absolute atomic E-state index is 0.315. The third-order valence-electron chi connectivity index (χ3n) is 5.35. The molecule has 0 unspecified atom stereocenters. The molecule has 33 heavy (non-hydrogen) atoms. The Labute approximate surface area is 199 Å². The van der Waals surface area contributed by atoms with Crippen LogP contribution in [0.3, 0.4) is 0 Å². The highest BCUT2D eigenvalue weighted by atomic mass is 35.5. The fourth-order valence-electron chi connectivity index (χ4n) is 3.64. The fraction of sp³-hybridized carbons (Fsp3) is 0.125. The summed E-state index contributed by atoms with van der Waals surface area (Å²) in [7, 11) is 0. The van der Waals surface area contributed by atoms with Gasteiger partial charge in [-0.3, -0.25) is 14.2 Å². The lowest BCUT2D eigenvalue weighted by molar-refractivity contribution is 0.0868. The molecule has 5 aromatic rings. The van der Waals surface area contributed by atoms with E-state index in [9.17, 15) is 4.79 Å². The number of rotatable bonds is 5. The Hall–Kier alpha value is -3.55. The first-order valence-electron chi connectivity index (χ1n) is 10.3. The summed E-state index contributed by atoms with van der Waals surface area (Å²) in [6.07, 6.45) is 1.78. The van der Waals surface area contributed by atoms with Gasteiger partial charge in [0.25, 0.3) is 5.91 Å². The summed E-state index contributed by atoms with van der Waals surface area (Å²) < 4.78 is 2.86. The first-order chi connectivity index (χ1) is 16.0. The number of aromatic nitrogens is 5. The zero-order valence-electron chi connectivity index (χ0n) is 17.6. The summed E-state index contributed by atoms with van der Waals surface area (Å²) in [6.45, 7) is 2.69. The predicted molar refractivity (Wildman–Crippen MR) is 129 cm³/mol. The van der Waals surface area contributed by atoms with E-state index in [1.807, 2.05) is 36.4 Å². The van der Waals surface area contributed by atoms with Crippen LogP contribution in [0.5, 0.6) is 0 Å². The van der Waals surface area contributed by atoms with Gasteiger partial charge in [0.1, 0.15) is 5.52 Å². The van der Waals surface area contributed by atoms with Gasteiger partial charge in [-0.15, -0.1) is 5.10 Å². The van der Waals surface area contributed by atoms with Gasteiger partial charge in [-0.2, -0.15) is 0 Å². The SMILES string of the molecule is CCN(Cl)C(=O)c1ccc(-c2ccc3nnn(Cc4ccc5ncccc5c4)c3n2)cc1Cl. The van der Waals surface area contributed by atoms with Crippen molar-refractivity contribution in [3.05, 3.63) is 83.0 Å². The molecule has 9 heteroatoms. The number of pyridine rings is 2. The van der Waals surface area contributed by atoms with E-state index in [0.717, 1.165) is 26.4 Å². The van der Waals surface area contributed by atoms with Crippen molar-refractivity contribution < 1.29 is 4.79 Å². The van der Waals surface area contributed by atoms with Crippen molar-refractivity contribution in [3.8, 4) is 11.3 Å². The lowest BCUT2D eigenvalue weighted by atomic mass is 10.1. The van der Waals surface area contributed by atoms with Crippen molar-refractivity contribution >= 4 is 51.4 Å². The molecule has 0 aliphatic rings. The lowest BCUT2D eigenvalue weighted by Gasteiger charge is -2.13. The van der Waals surface area contributed by atoms with Crippen LogP contribution in [0.1, 0.15) is 22.8 Å². The standard InChI is InChI=1S/C24H18Cl2N6O/c1-2-31(26)24(33)18-7-6-17(13-19(18)25)21-9-10-22-23(28-21)32(30-29-22)14-15-5-8-20-16(12-15)4-3-11-27-20/h3-13H,2,14H2,1H3. The van der Waals surface area contributed by atoms with Gasteiger partial charge in [0.05, 0.1) is 28.3 Å². The molecule has 0 saturated carbocycles. The highest BCUT2D eigenvalue weighted by molar-refractivity contribution is 6.35. The summed E-state index contributed by atoms with van der Waals surface area (Å²) in [5.41, 5.74) is 5.19. The van der Waals surface area contributed by atoms with E-state index >= 15 is 0 Å². The van der Waals surface area contributed by atoms with Crippen molar-refractivity contribution in [3.63, 3.8) is 0 Å². The van der Waals surface area contributed by atoms with Crippen molar-refractivity contribution in [2.45, 2.75) is 13.5 Å². The Kier molecular flexibility index (Phi) is 5.66. The van der Waals surface area contributed by atoms with Gasteiger partial charge in [0, 0.05) is 35.5 Å². The second-order valence-electron chi connectivity index (χ2n) is 7.49. The molecule has 0 saturated heterocycles. The number of halogens is 2. The van der Waals surface area contributed by atoms with Crippen LogP contribution >= 0.6 is 23.4 Å². The Morgan fingerprint density at radius 2 is 1.91 bits per heavy atom. The Morgan fingerprint density at radius 1 is 1.06 bits per heavy atom. The van der Waals surface area contributed by atoms with E-state index < -0.39 is 0 Å². The highest BCUT2D eigenvalue weighted by Crippen LogP contribution is 2.27. The summed E-state index contributed by atoms with van der Waals surface area (Å²) in [4.78, 5) is 21.5. The summed E-state index contributed by atoms with van der Waals surface area (Å²) in [6, 6.07) is 19.0. The van der Waals surface area contributed by atoms with Crippen molar-refractivity contribution in [2.24, 2.45) is 0 Å². The van der Waals surface area contributed by atoms with Crippen LogP contribution in [0, 0.1) is 0 Å². The molecule has 5 rings (SSSR count). The summed E-state index contributed by atoms with van der Waals surface area (Å²) in [5.74, 6) is -0.341. The van der Waals surface area contributed by atoms with E-state index in [-0.39, 0.29) is 5.91 Å². The van der Waals surface area contributed by atoms with Crippen molar-refractivity contribution in [1.82, 2.24) is 29.4 Å². The van der Waals surface area contributed by atoms with Crippen LogP contribution < -0.4 is 0 Å². The number of carbonyl (C=O) groups is 1. The monoisotopic (exact) mass is 476 g/mol. The number of amides is 1. The molecule has 164 valence electrons. The molecule has 3 heterocycles. The van der Waals surface area contributed by atoms with Crippen molar-refractivity contribution in [2.75, 3.05) is 6.54 Å². The minimum Gasteiger partial charge on any atom is -0.268 e. The molecule has 1 amide bonds. The molecule has 0 spiro atoms. The third kappa shape index (κ3) is 4.13. The van der Waals surface area contributed by atoms with Gasteiger partial charge in [0.15, 0.2) is 5.65 Å². The van der Waals surface area contributed by atoms with Gasteiger partial charge < -0.3 is 0 Å². The largest absolute Gasteiger partial charge is 0.269 e. The quantitative estimate of drug-likeness (QED) is 0.319. The molecule has 3 aromatic heterocycles. The molecule has 0 aliphatic carbocycles. The molecule has 7 nitrogen and oxygen atoms in total. The van der Waals surface area contributed by atoms with Gasteiger partial charge in [-0.05, 0) is 55.0 Å². The Bertz CT molecular complexity index is 1500. The van der Waals surface area contributed by atoms with Crippen LogP contribution in [0.2, 0.25) is 5.02 Å². The molecule has 0 N–H and O–H groups in total. The maximum absolute atomic E-state index is 12.4. The lowest BCUT2D eigenvalue weighted by Crippen LogP contribution is -2.21. The molecular formula is C24H18Cl2N6O. The van der Waals surface area contributed by atoms with Gasteiger partial charge >= 0.3 is 0 Å². The van der Waals surface area contributed by atoms with Crippen LogP contribution in [-0.2, 0) is 6.54 Å². The topological polar surface area (TPSA) is 76.8 Å². The number of carbonyl (C=O) groups excluding carboxylic acids is 1. The number of hydrogen-bond acceptors (Lipinski definition) is 5. The average molecular weight is 477 g/mol. The van der Waals surface area contributed by atoms with E-state index in [4.69, 9.17) is 28.4 Å². The normalized spacial score (nSPS) is 11.2. The smallest absolute Gasteiger partial charge is 0.268 e. The van der Waals surface area contributed by atoms with Crippen LogP contribution in [0.4, 0.5) is 0 Å². The first-order valence-corrected chi connectivity index (χ1v) is 11.1. The molecule has 0 atom stereocenters. The van der Waals surface area contributed by atoms with E-state index in [1.54, 1.807) is 36.0 Å². The molecule has 2 aromatic carbocycles. The predicted octanol–water partition coefficient (Wildman–Crippen LogP) is 5.36. The summed E-state index contributed by atoms with van der Waals surface area (Å²) in [5, 5.41) is 9.91. The zero-order chi connectivity index (χ0) is 22.9. The maximum atomic E-state index is 12.4. The van der Waals surface area contributed by atoms with Gasteiger partial charge in [0.2, 0.25) is 0 Å². The summed E-state index contributed by atoms with van der Waals surface area (Å²) >= 11 is 12.3. The van der Waals surface area contributed by atoms with Crippen LogP contribution in [0.25, 0.3) is 33.3 Å². The highest BCUT2D eigenvalue weighted by Gasteiger charge is 2.17. The molecule has 0 bridgehead atoms. The van der Waals surface area contributed by atoms with E-state index in [2.05, 4.69) is 21.4 Å². The van der Waals surface area contributed by atoms with Gasteiger partial charge in [-0.1, -0.05) is 35.0 Å². The second kappa shape index (κ2) is 8.77. The number of benzene rings is 2. The number of fused-ring (bicyclic) bond motifs is 2. The molecule has 0 fully saturated rings. The fourth-order valence-corrected chi connectivity index (χ4v) is 3.99. The van der Waals surface area contributed by atoms with Crippen LogP contribution in [-0.4, -0.2) is 41.8 Å². The molecule has 0 aliphatic heterocycles. The van der Waals surface area contributed by atoms with E-state index in [1.165, 1.54) is 0 Å². The zero-order valence-corrected chi connectivity index (χ0v) is 19.1. The maximum Gasteiger partial charge on any atom is 0.269 e. The van der Waals surface area contributed by atoms with Crippen molar-refractivity contribution in [1.29, 1.82) is 0 Å². The Balaban J connectivity index is 1.48. The molecular weight excluding hydrogens is 459 g/mol. The number of hydrogen-bond donors (Lipinski definition) is 0. The molecule has 0 radical (unpaired) electrons. The third-order valence-corrected chi connectivity index (χ3v) is 6.06. The second-order valence-corrected chi connectivity index (χ2v) is 8.31. The first kappa shape index (κ1) is 21.3. The van der Waals surface area contributed by atoms with Crippen LogP contribution in [0.15, 0.2) is 66.9 Å². The Morgan fingerprint density at radius 3 is 2.73 bits per heavy atom. The number of nitrogens with zero attached hydrogens (tertiary/aromatic N) is 6.